The Morgan fingerprint density at radius 1 is 0.688 bits per heavy atom. The molecule has 184 valence electrons. The maximum absolute atomic E-state index is 11.4. The van der Waals surface area contributed by atoms with E-state index in [9.17, 15) is 19.2 Å². The molecule has 2 rings (SSSR count). The van der Waals surface area contributed by atoms with Crippen molar-refractivity contribution in [2.24, 2.45) is 23.7 Å². The van der Waals surface area contributed by atoms with Crippen LogP contribution in [0.15, 0.2) is 0 Å². The standard InChI is InChI=1S/2C12H21NO3/c2*1-8(13-9(2)14)10-5-4-6-11(7-10)12(15)16-3/h2*8,10-11H,4-7H2,1-3H3,(H,13,14)/t2*8-,10-,11+/m00/s1. The van der Waals surface area contributed by atoms with Crippen LogP contribution in [-0.2, 0) is 28.7 Å². The molecule has 0 aromatic rings. The highest BCUT2D eigenvalue weighted by atomic mass is 16.5. The van der Waals surface area contributed by atoms with Gasteiger partial charge in [-0.3, -0.25) is 19.2 Å². The van der Waals surface area contributed by atoms with E-state index in [1.165, 1.54) is 28.1 Å². The summed E-state index contributed by atoms with van der Waals surface area (Å²) >= 11 is 0. The van der Waals surface area contributed by atoms with E-state index < -0.39 is 0 Å². The van der Waals surface area contributed by atoms with Crippen molar-refractivity contribution >= 4 is 23.8 Å². The molecule has 0 spiro atoms. The van der Waals surface area contributed by atoms with Gasteiger partial charge in [0.2, 0.25) is 11.8 Å². The molecule has 0 radical (unpaired) electrons. The zero-order valence-corrected chi connectivity index (χ0v) is 20.6. The molecule has 32 heavy (non-hydrogen) atoms. The molecule has 0 bridgehead atoms. The van der Waals surface area contributed by atoms with Gasteiger partial charge in [0.25, 0.3) is 0 Å². The maximum atomic E-state index is 11.4. The lowest BCUT2D eigenvalue weighted by atomic mass is 9.78. The summed E-state index contributed by atoms with van der Waals surface area (Å²) in [5.74, 6) is 0.572. The van der Waals surface area contributed by atoms with Crippen LogP contribution in [0.3, 0.4) is 0 Å². The highest BCUT2D eigenvalue weighted by Crippen LogP contribution is 2.32. The van der Waals surface area contributed by atoms with E-state index in [-0.39, 0.29) is 47.7 Å². The molecule has 8 nitrogen and oxygen atoms in total. The second-order valence-corrected chi connectivity index (χ2v) is 9.27. The Bertz CT molecular complexity index is 584. The molecule has 6 atom stereocenters. The minimum Gasteiger partial charge on any atom is -0.469 e. The van der Waals surface area contributed by atoms with Gasteiger partial charge in [-0.05, 0) is 64.2 Å². The van der Waals surface area contributed by atoms with E-state index >= 15 is 0 Å². The predicted molar refractivity (Wildman–Crippen MR) is 121 cm³/mol. The second kappa shape index (κ2) is 14.1. The zero-order chi connectivity index (χ0) is 24.3. The molecular formula is C24H42N2O6. The largest absolute Gasteiger partial charge is 0.469 e. The molecule has 0 aliphatic heterocycles. The number of ether oxygens (including phenoxy) is 2. The molecule has 0 heterocycles. The molecule has 2 N–H and O–H groups in total. The maximum Gasteiger partial charge on any atom is 0.308 e. The zero-order valence-electron chi connectivity index (χ0n) is 20.6. The van der Waals surface area contributed by atoms with Gasteiger partial charge in [-0.1, -0.05) is 12.8 Å². The molecule has 2 aliphatic rings. The minimum absolute atomic E-state index is 0.00677. The third kappa shape index (κ3) is 9.57. The number of nitrogens with one attached hydrogen (secondary N) is 2. The highest BCUT2D eigenvalue weighted by molar-refractivity contribution is 5.74. The lowest BCUT2D eigenvalue weighted by molar-refractivity contribution is -0.148. The van der Waals surface area contributed by atoms with Crippen molar-refractivity contribution in [3.8, 4) is 0 Å². The third-order valence-electron chi connectivity index (χ3n) is 6.77. The van der Waals surface area contributed by atoms with Crippen molar-refractivity contribution in [3.63, 3.8) is 0 Å². The smallest absolute Gasteiger partial charge is 0.308 e. The van der Waals surface area contributed by atoms with Crippen molar-refractivity contribution in [2.45, 2.75) is 91.1 Å². The Balaban J connectivity index is 0.000000320. The van der Waals surface area contributed by atoms with Gasteiger partial charge < -0.3 is 20.1 Å². The molecule has 2 amide bonds. The van der Waals surface area contributed by atoms with E-state index in [1.54, 1.807) is 0 Å². The van der Waals surface area contributed by atoms with Crippen LogP contribution < -0.4 is 10.6 Å². The van der Waals surface area contributed by atoms with Gasteiger partial charge in [-0.2, -0.15) is 0 Å². The van der Waals surface area contributed by atoms with Gasteiger partial charge in [0.15, 0.2) is 0 Å². The number of hydrogen-bond donors (Lipinski definition) is 2. The van der Waals surface area contributed by atoms with Crippen LogP contribution in [0.25, 0.3) is 0 Å². The summed E-state index contributed by atoms with van der Waals surface area (Å²) in [4.78, 5) is 44.8. The Kier molecular flexibility index (Phi) is 12.3. The number of esters is 2. The topological polar surface area (TPSA) is 111 Å². The van der Waals surface area contributed by atoms with Crippen LogP contribution in [0.2, 0.25) is 0 Å². The first kappa shape index (κ1) is 27.9. The summed E-state index contributed by atoms with van der Waals surface area (Å²) in [6.07, 6.45) is 7.71. The number of amides is 2. The SMILES string of the molecule is COC(=O)[C@@H]1CCC[C@H]([C@H](C)NC(C)=O)C1.COC(=O)[C@@H]1CCC[C@H]([C@H](C)NC(C)=O)C1. The van der Waals surface area contributed by atoms with Crippen LogP contribution in [0, 0.1) is 23.7 Å². The summed E-state index contributed by atoms with van der Waals surface area (Å²) in [6, 6.07) is 0.287. The number of carbonyl (C=O) groups excluding carboxylic acids is 4. The number of hydrogen-bond acceptors (Lipinski definition) is 6. The summed E-state index contributed by atoms with van der Waals surface area (Å²) < 4.78 is 9.55. The summed E-state index contributed by atoms with van der Waals surface area (Å²) in [6.45, 7) is 7.06. The Morgan fingerprint density at radius 3 is 1.31 bits per heavy atom. The van der Waals surface area contributed by atoms with Crippen molar-refractivity contribution in [1.29, 1.82) is 0 Å². The van der Waals surface area contributed by atoms with Gasteiger partial charge >= 0.3 is 11.9 Å². The normalized spacial score (nSPS) is 26.9. The van der Waals surface area contributed by atoms with E-state index in [0.717, 1.165) is 51.4 Å². The quantitative estimate of drug-likeness (QED) is 0.597. The number of rotatable bonds is 6. The summed E-state index contributed by atoms with van der Waals surface area (Å²) in [5, 5.41) is 5.80. The van der Waals surface area contributed by atoms with Crippen LogP contribution in [-0.4, -0.2) is 50.1 Å². The number of carbonyl (C=O) groups is 4. The monoisotopic (exact) mass is 454 g/mol. The van der Waals surface area contributed by atoms with E-state index in [0.29, 0.717) is 11.8 Å². The first-order valence-corrected chi connectivity index (χ1v) is 11.8. The molecule has 2 fully saturated rings. The molecule has 0 saturated heterocycles. The van der Waals surface area contributed by atoms with Crippen LogP contribution in [0.4, 0.5) is 0 Å². The van der Waals surface area contributed by atoms with Crippen molar-refractivity contribution in [3.05, 3.63) is 0 Å². The Morgan fingerprint density at radius 2 is 1.03 bits per heavy atom. The van der Waals surface area contributed by atoms with Crippen molar-refractivity contribution in [1.82, 2.24) is 10.6 Å². The molecule has 0 unspecified atom stereocenters. The fraction of sp³-hybridized carbons (Fsp3) is 0.833. The number of methoxy groups -OCH3 is 2. The Hall–Kier alpha value is -2.12. The molecule has 2 saturated carbocycles. The van der Waals surface area contributed by atoms with Crippen LogP contribution >= 0.6 is 0 Å². The highest BCUT2D eigenvalue weighted by Gasteiger charge is 2.32. The van der Waals surface area contributed by atoms with E-state index in [1.807, 2.05) is 13.8 Å². The molecular weight excluding hydrogens is 412 g/mol. The third-order valence-corrected chi connectivity index (χ3v) is 6.77. The van der Waals surface area contributed by atoms with Crippen molar-refractivity contribution < 1.29 is 28.7 Å². The average molecular weight is 455 g/mol. The Labute approximate surface area is 192 Å². The van der Waals surface area contributed by atoms with Crippen LogP contribution in [0.5, 0.6) is 0 Å². The van der Waals surface area contributed by atoms with Gasteiger partial charge in [0.1, 0.15) is 0 Å². The fourth-order valence-corrected chi connectivity index (χ4v) is 5.00. The fourth-order valence-electron chi connectivity index (χ4n) is 5.00. The van der Waals surface area contributed by atoms with Crippen LogP contribution in [0.1, 0.15) is 79.1 Å². The molecule has 8 heteroatoms. The van der Waals surface area contributed by atoms with E-state index in [2.05, 4.69) is 10.6 Å². The predicted octanol–water partition coefficient (Wildman–Crippen LogP) is 2.98. The lowest BCUT2D eigenvalue weighted by Gasteiger charge is -2.31. The van der Waals surface area contributed by atoms with Gasteiger partial charge in [-0.15, -0.1) is 0 Å². The van der Waals surface area contributed by atoms with Crippen molar-refractivity contribution in [2.75, 3.05) is 14.2 Å². The molecule has 2 aliphatic carbocycles. The summed E-state index contributed by atoms with van der Waals surface area (Å²) in [5.41, 5.74) is 0. The van der Waals surface area contributed by atoms with Gasteiger partial charge in [0, 0.05) is 25.9 Å². The summed E-state index contributed by atoms with van der Waals surface area (Å²) in [7, 11) is 2.87. The molecule has 0 aromatic carbocycles. The van der Waals surface area contributed by atoms with Gasteiger partial charge in [-0.25, -0.2) is 0 Å². The average Bonchev–Trinajstić information content (AvgIpc) is 2.77. The van der Waals surface area contributed by atoms with Gasteiger partial charge in [0.05, 0.1) is 26.1 Å². The first-order valence-electron chi connectivity index (χ1n) is 11.8. The minimum atomic E-state index is -0.111. The van der Waals surface area contributed by atoms with E-state index in [4.69, 9.17) is 9.47 Å². The lowest BCUT2D eigenvalue weighted by Crippen LogP contribution is -2.39. The molecule has 0 aromatic heterocycles. The second-order valence-electron chi connectivity index (χ2n) is 9.27. The first-order chi connectivity index (χ1) is 15.1.